The zero-order chi connectivity index (χ0) is 28.5. The normalized spacial score (nSPS) is 13.4. The van der Waals surface area contributed by atoms with Crippen LogP contribution in [-0.2, 0) is 0 Å². The summed E-state index contributed by atoms with van der Waals surface area (Å²) in [6, 6.07) is 56.1. The van der Waals surface area contributed by atoms with Crippen LogP contribution in [0.25, 0.3) is 49.4 Å². The zero-order valence-corrected chi connectivity index (χ0v) is 24.3. The summed E-state index contributed by atoms with van der Waals surface area (Å²) in [5.74, 6) is -0.218. The third kappa shape index (κ3) is 3.31. The Balaban J connectivity index is 1.32. The van der Waals surface area contributed by atoms with Gasteiger partial charge in [-0.2, -0.15) is 0 Å². The van der Waals surface area contributed by atoms with Crippen molar-refractivity contribution in [2.24, 2.45) is 0 Å². The van der Waals surface area contributed by atoms with Crippen LogP contribution < -0.4 is 20.7 Å². The summed E-state index contributed by atoms with van der Waals surface area (Å²) in [5.41, 5.74) is 5.84. The smallest absolute Gasteiger partial charge is 0.180 e. The van der Waals surface area contributed by atoms with Gasteiger partial charge in [-0.1, -0.05) is 121 Å². The van der Waals surface area contributed by atoms with Crippen molar-refractivity contribution >= 4 is 61.4 Å². The molecule has 0 saturated heterocycles. The van der Waals surface area contributed by atoms with Crippen LogP contribution >= 0.6 is 0 Å². The van der Waals surface area contributed by atoms with Crippen molar-refractivity contribution in [1.29, 1.82) is 0 Å². The van der Waals surface area contributed by atoms with E-state index in [1.165, 1.54) is 31.9 Å². The van der Waals surface area contributed by atoms with Gasteiger partial charge in [0.1, 0.15) is 5.82 Å². The predicted octanol–water partition coefficient (Wildman–Crippen LogP) is 7.43. The summed E-state index contributed by atoms with van der Waals surface area (Å²) in [6.07, 6.45) is 0. The van der Waals surface area contributed by atoms with Gasteiger partial charge in [-0.3, -0.25) is 0 Å². The molecule has 8 aromatic rings. The molecule has 0 saturated carbocycles. The van der Waals surface area contributed by atoms with Crippen LogP contribution in [0, 0.1) is 5.82 Å². The van der Waals surface area contributed by atoms with Gasteiger partial charge in [0.05, 0.1) is 11.0 Å². The van der Waals surface area contributed by atoms with Crippen molar-refractivity contribution in [2.75, 3.05) is 0 Å². The molecule has 0 fully saturated rings. The van der Waals surface area contributed by atoms with Crippen LogP contribution in [0.15, 0.2) is 158 Å². The van der Waals surface area contributed by atoms with Gasteiger partial charge in [0.2, 0.25) is 0 Å². The van der Waals surface area contributed by atoms with Gasteiger partial charge in [0, 0.05) is 16.5 Å². The highest BCUT2D eigenvalue weighted by molar-refractivity contribution is 7.22. The van der Waals surface area contributed by atoms with E-state index >= 15 is 0 Å². The Morgan fingerprint density at radius 1 is 0.465 bits per heavy atom. The minimum Gasteiger partial charge on any atom is -0.309 e. The van der Waals surface area contributed by atoms with Crippen molar-refractivity contribution in [1.82, 2.24) is 4.57 Å². The monoisotopic (exact) mass is 567 g/mol. The first-order valence-corrected chi connectivity index (χ1v) is 16.7. The van der Waals surface area contributed by atoms with E-state index in [2.05, 4.69) is 144 Å². The number of nitrogens with zero attached hydrogens (tertiary/aromatic N) is 1. The summed E-state index contributed by atoms with van der Waals surface area (Å²) >= 11 is 0. The molecule has 0 amide bonds. The molecule has 0 atom stereocenters. The Morgan fingerprint density at radius 3 is 1.81 bits per heavy atom. The van der Waals surface area contributed by atoms with Gasteiger partial charge in [-0.25, -0.2) is 4.39 Å². The van der Waals surface area contributed by atoms with E-state index in [-0.39, 0.29) is 5.82 Å². The van der Waals surface area contributed by atoms with Crippen molar-refractivity contribution in [2.45, 2.75) is 0 Å². The summed E-state index contributed by atoms with van der Waals surface area (Å²) in [5, 5.41) is 9.94. The molecule has 1 aromatic heterocycles. The second-order valence-corrected chi connectivity index (χ2v) is 15.2. The first-order valence-electron chi connectivity index (χ1n) is 14.7. The van der Waals surface area contributed by atoms with Crippen LogP contribution in [0.2, 0.25) is 0 Å². The van der Waals surface area contributed by atoms with Crippen molar-refractivity contribution in [3.8, 4) is 16.8 Å². The number of halogens is 1. The fourth-order valence-electron chi connectivity index (χ4n) is 7.61. The van der Waals surface area contributed by atoms with E-state index in [9.17, 15) is 4.39 Å². The quantitative estimate of drug-likeness (QED) is 0.196. The standard InChI is InChI=1S/C40H26FNSi/c41-28-19-25-36-35(26-28)40-32-13-5-4-10-27(32)18-24-37(40)42(36)29-20-22-31(23-21-29)43(30-11-2-1-3-12-30)38-16-8-6-14-33(38)34-15-7-9-17-39(34)43/h1-26H. The second kappa shape index (κ2) is 9.12. The maximum Gasteiger partial charge on any atom is 0.180 e. The molecule has 0 radical (unpaired) electrons. The molecule has 3 heteroatoms. The Hall–Kier alpha value is -5.25. The molecule has 1 nitrogen and oxygen atoms in total. The van der Waals surface area contributed by atoms with E-state index in [0.717, 1.165) is 38.3 Å². The topological polar surface area (TPSA) is 4.93 Å². The van der Waals surface area contributed by atoms with Crippen molar-refractivity contribution in [3.05, 3.63) is 164 Å². The van der Waals surface area contributed by atoms with E-state index in [4.69, 9.17) is 0 Å². The fraction of sp³-hybridized carbons (Fsp3) is 0. The molecule has 0 N–H and O–H groups in total. The Morgan fingerprint density at radius 2 is 1.07 bits per heavy atom. The molecule has 0 aliphatic carbocycles. The van der Waals surface area contributed by atoms with Crippen LogP contribution in [0.4, 0.5) is 4.39 Å². The van der Waals surface area contributed by atoms with Crippen LogP contribution in [0.3, 0.4) is 0 Å². The summed E-state index contributed by atoms with van der Waals surface area (Å²) < 4.78 is 16.9. The van der Waals surface area contributed by atoms with E-state index in [1.54, 1.807) is 12.1 Å². The largest absolute Gasteiger partial charge is 0.309 e. The first-order chi connectivity index (χ1) is 21.2. The highest BCUT2D eigenvalue weighted by Crippen LogP contribution is 2.37. The molecule has 43 heavy (non-hydrogen) atoms. The van der Waals surface area contributed by atoms with Crippen molar-refractivity contribution in [3.63, 3.8) is 0 Å². The second-order valence-electron chi connectivity index (χ2n) is 11.4. The van der Waals surface area contributed by atoms with Gasteiger partial charge in [0.15, 0.2) is 8.07 Å². The van der Waals surface area contributed by atoms with E-state index < -0.39 is 8.07 Å². The number of aromatic nitrogens is 1. The first kappa shape index (κ1) is 24.4. The fourth-order valence-corrected chi connectivity index (χ4v) is 12.8. The van der Waals surface area contributed by atoms with E-state index in [1.807, 2.05) is 6.07 Å². The molecular weight excluding hydrogens is 542 g/mol. The maximum absolute atomic E-state index is 14.6. The molecule has 1 aliphatic heterocycles. The molecule has 1 aliphatic rings. The zero-order valence-electron chi connectivity index (χ0n) is 23.3. The Kier molecular flexibility index (Phi) is 5.17. The lowest BCUT2D eigenvalue weighted by Gasteiger charge is -2.31. The number of hydrogen-bond acceptors (Lipinski definition) is 0. The molecule has 0 bridgehead atoms. The number of fused-ring (bicyclic) bond motifs is 8. The molecule has 0 spiro atoms. The third-order valence-electron chi connectivity index (χ3n) is 9.33. The number of benzene rings is 7. The Bertz CT molecular complexity index is 2310. The maximum atomic E-state index is 14.6. The van der Waals surface area contributed by atoms with Gasteiger partial charge in [0.25, 0.3) is 0 Å². The van der Waals surface area contributed by atoms with Gasteiger partial charge >= 0.3 is 0 Å². The van der Waals surface area contributed by atoms with Crippen molar-refractivity contribution < 1.29 is 4.39 Å². The van der Waals surface area contributed by atoms with Crippen LogP contribution in [0.5, 0.6) is 0 Å². The lowest BCUT2D eigenvalue weighted by molar-refractivity contribution is 0.629. The highest BCUT2D eigenvalue weighted by Gasteiger charge is 2.48. The average molecular weight is 568 g/mol. The molecular formula is C40H26FNSi. The van der Waals surface area contributed by atoms with Crippen LogP contribution in [-0.4, -0.2) is 12.6 Å². The van der Waals surface area contributed by atoms with Gasteiger partial charge < -0.3 is 4.57 Å². The van der Waals surface area contributed by atoms with Gasteiger partial charge in [-0.05, 0) is 79.0 Å². The van der Waals surface area contributed by atoms with E-state index in [0.29, 0.717) is 0 Å². The minimum atomic E-state index is -2.54. The number of hydrogen-bond donors (Lipinski definition) is 0. The van der Waals surface area contributed by atoms with Gasteiger partial charge in [-0.15, -0.1) is 0 Å². The molecule has 7 aromatic carbocycles. The summed E-state index contributed by atoms with van der Waals surface area (Å²) in [6.45, 7) is 0. The molecule has 9 rings (SSSR count). The summed E-state index contributed by atoms with van der Waals surface area (Å²) in [4.78, 5) is 0. The SMILES string of the molecule is Fc1ccc2c(c1)c1c3ccccc3ccc1n2-c1ccc([Si]2(c3ccccc3)c3ccccc3-c3ccccc32)cc1. The minimum absolute atomic E-state index is 0.218. The predicted molar refractivity (Wildman–Crippen MR) is 181 cm³/mol. The molecule has 2 heterocycles. The molecule has 202 valence electrons. The average Bonchev–Trinajstić information content (AvgIpc) is 3.56. The van der Waals surface area contributed by atoms with Crippen LogP contribution in [0.1, 0.15) is 0 Å². The summed E-state index contributed by atoms with van der Waals surface area (Å²) in [7, 11) is -2.54. The Labute approximate surface area is 250 Å². The highest BCUT2D eigenvalue weighted by atomic mass is 28.3. The lowest BCUT2D eigenvalue weighted by atomic mass is 10.0. The number of rotatable bonds is 3. The lowest BCUT2D eigenvalue weighted by Crippen LogP contribution is -2.72. The third-order valence-corrected chi connectivity index (χ3v) is 14.2. The molecule has 0 unspecified atom stereocenters.